The lowest BCUT2D eigenvalue weighted by Crippen LogP contribution is -2.35. The van der Waals surface area contributed by atoms with Crippen LogP contribution in [0.15, 0.2) is 23.1 Å². The molecule has 6 heteroatoms. The van der Waals surface area contributed by atoms with Gasteiger partial charge in [0.25, 0.3) is 0 Å². The summed E-state index contributed by atoms with van der Waals surface area (Å²) in [5.41, 5.74) is 0. The Morgan fingerprint density at radius 2 is 1.90 bits per heavy atom. The SMILES string of the molecule is CCNC(CC)CS(=O)(=O)c1ccc2c(c1)OCCO2. The fourth-order valence-corrected chi connectivity index (χ4v) is 3.83. The van der Waals surface area contributed by atoms with Crippen LogP contribution in [0, 0.1) is 0 Å². The summed E-state index contributed by atoms with van der Waals surface area (Å²) in [4.78, 5) is 0.290. The molecule has 1 aliphatic rings. The van der Waals surface area contributed by atoms with Crippen LogP contribution in [0.4, 0.5) is 0 Å². The third-order valence-electron chi connectivity index (χ3n) is 3.28. The van der Waals surface area contributed by atoms with Gasteiger partial charge in [0, 0.05) is 12.1 Å². The van der Waals surface area contributed by atoms with Gasteiger partial charge in [-0.2, -0.15) is 0 Å². The van der Waals surface area contributed by atoms with Crippen LogP contribution in [0.25, 0.3) is 0 Å². The molecule has 0 radical (unpaired) electrons. The fraction of sp³-hybridized carbons (Fsp3) is 0.571. The number of nitrogens with one attached hydrogen (secondary N) is 1. The molecule has 1 aliphatic heterocycles. The van der Waals surface area contributed by atoms with E-state index in [1.807, 2.05) is 13.8 Å². The lowest BCUT2D eigenvalue weighted by molar-refractivity contribution is 0.171. The molecule has 5 nitrogen and oxygen atoms in total. The largest absolute Gasteiger partial charge is 0.486 e. The topological polar surface area (TPSA) is 64.6 Å². The van der Waals surface area contributed by atoms with E-state index in [1.165, 1.54) is 0 Å². The average molecular weight is 299 g/mol. The van der Waals surface area contributed by atoms with Gasteiger partial charge < -0.3 is 14.8 Å². The summed E-state index contributed by atoms with van der Waals surface area (Å²) in [7, 11) is -3.33. The molecule has 0 aliphatic carbocycles. The first-order valence-electron chi connectivity index (χ1n) is 6.92. The second-order valence-electron chi connectivity index (χ2n) is 4.75. The standard InChI is InChI=1S/C14H21NO4S/c1-3-11(15-4-2)10-20(16,17)12-5-6-13-14(9-12)19-8-7-18-13/h5-6,9,11,15H,3-4,7-8,10H2,1-2H3. The van der Waals surface area contributed by atoms with Crippen molar-refractivity contribution in [2.45, 2.75) is 31.2 Å². The number of hydrogen-bond acceptors (Lipinski definition) is 5. The maximum absolute atomic E-state index is 12.4. The van der Waals surface area contributed by atoms with Crippen LogP contribution in [0.2, 0.25) is 0 Å². The monoisotopic (exact) mass is 299 g/mol. The maximum atomic E-state index is 12.4. The molecule has 0 amide bonds. The molecule has 0 aromatic heterocycles. The molecule has 20 heavy (non-hydrogen) atoms. The predicted octanol–water partition coefficient (Wildman–Crippen LogP) is 1.62. The molecule has 0 saturated heterocycles. The lowest BCUT2D eigenvalue weighted by Gasteiger charge is -2.20. The number of benzene rings is 1. The van der Waals surface area contributed by atoms with Crippen molar-refractivity contribution in [3.63, 3.8) is 0 Å². The molecule has 0 fully saturated rings. The van der Waals surface area contributed by atoms with E-state index in [2.05, 4.69) is 5.32 Å². The molecule has 1 atom stereocenters. The highest BCUT2D eigenvalue weighted by molar-refractivity contribution is 7.91. The van der Waals surface area contributed by atoms with Crippen molar-refractivity contribution in [2.24, 2.45) is 0 Å². The minimum Gasteiger partial charge on any atom is -0.486 e. The molecule has 1 aromatic rings. The molecule has 112 valence electrons. The van der Waals surface area contributed by atoms with E-state index in [0.29, 0.717) is 24.7 Å². The van der Waals surface area contributed by atoms with Crippen LogP contribution < -0.4 is 14.8 Å². The van der Waals surface area contributed by atoms with E-state index in [1.54, 1.807) is 18.2 Å². The zero-order chi connectivity index (χ0) is 14.6. The van der Waals surface area contributed by atoms with E-state index < -0.39 is 9.84 Å². The normalized spacial score (nSPS) is 15.9. The Labute approximate surface area is 120 Å². The molecule has 1 heterocycles. The molecule has 1 aromatic carbocycles. The molecule has 0 spiro atoms. The van der Waals surface area contributed by atoms with Gasteiger partial charge in [0.15, 0.2) is 21.3 Å². The van der Waals surface area contributed by atoms with E-state index in [0.717, 1.165) is 13.0 Å². The van der Waals surface area contributed by atoms with Crippen LogP contribution in [0.1, 0.15) is 20.3 Å². The summed E-state index contributed by atoms with van der Waals surface area (Å²) in [6, 6.07) is 4.78. The Morgan fingerprint density at radius 1 is 1.20 bits per heavy atom. The molecule has 0 bridgehead atoms. The minimum atomic E-state index is -3.33. The molecule has 1 N–H and O–H groups in total. The van der Waals surface area contributed by atoms with E-state index in [-0.39, 0.29) is 16.7 Å². The van der Waals surface area contributed by atoms with E-state index in [9.17, 15) is 8.42 Å². The van der Waals surface area contributed by atoms with Crippen molar-refractivity contribution in [2.75, 3.05) is 25.5 Å². The van der Waals surface area contributed by atoms with Gasteiger partial charge in [-0.1, -0.05) is 13.8 Å². The van der Waals surface area contributed by atoms with Crippen LogP contribution in [-0.2, 0) is 9.84 Å². The van der Waals surface area contributed by atoms with Gasteiger partial charge in [-0.15, -0.1) is 0 Å². The van der Waals surface area contributed by atoms with Crippen LogP contribution in [0.3, 0.4) is 0 Å². The Bertz CT molecular complexity index is 556. The zero-order valence-electron chi connectivity index (χ0n) is 11.9. The third-order valence-corrected chi connectivity index (χ3v) is 5.09. The van der Waals surface area contributed by atoms with Gasteiger partial charge in [-0.3, -0.25) is 0 Å². The van der Waals surface area contributed by atoms with Crippen molar-refractivity contribution >= 4 is 9.84 Å². The first-order valence-corrected chi connectivity index (χ1v) is 8.57. The smallest absolute Gasteiger partial charge is 0.180 e. The Hall–Kier alpha value is -1.27. The zero-order valence-corrected chi connectivity index (χ0v) is 12.7. The van der Waals surface area contributed by atoms with Gasteiger partial charge in [0.1, 0.15) is 13.2 Å². The Kier molecular flexibility index (Phi) is 4.88. The summed E-state index contributed by atoms with van der Waals surface area (Å²) in [6.45, 7) is 5.66. The highest BCUT2D eigenvalue weighted by Crippen LogP contribution is 2.32. The van der Waals surface area contributed by atoms with Crippen molar-refractivity contribution < 1.29 is 17.9 Å². The number of fused-ring (bicyclic) bond motifs is 1. The minimum absolute atomic E-state index is 0.0294. The molecule has 0 saturated carbocycles. The van der Waals surface area contributed by atoms with Gasteiger partial charge in [0.05, 0.1) is 10.6 Å². The predicted molar refractivity (Wildman–Crippen MR) is 77.2 cm³/mol. The molecular formula is C14H21NO4S. The lowest BCUT2D eigenvalue weighted by atomic mass is 10.2. The summed E-state index contributed by atoms with van der Waals surface area (Å²) in [6.07, 6.45) is 0.775. The third kappa shape index (κ3) is 3.43. The van der Waals surface area contributed by atoms with E-state index in [4.69, 9.17) is 9.47 Å². The van der Waals surface area contributed by atoms with Gasteiger partial charge in [-0.25, -0.2) is 8.42 Å². The Morgan fingerprint density at radius 3 is 2.55 bits per heavy atom. The van der Waals surface area contributed by atoms with Crippen LogP contribution >= 0.6 is 0 Å². The summed E-state index contributed by atoms with van der Waals surface area (Å²) >= 11 is 0. The van der Waals surface area contributed by atoms with Gasteiger partial charge in [-0.05, 0) is 25.1 Å². The second kappa shape index (κ2) is 6.45. The Balaban J connectivity index is 2.20. The first-order chi connectivity index (χ1) is 9.56. The average Bonchev–Trinajstić information content (AvgIpc) is 2.46. The van der Waals surface area contributed by atoms with Crippen molar-refractivity contribution in [3.8, 4) is 11.5 Å². The summed E-state index contributed by atoms with van der Waals surface area (Å²) in [5, 5.41) is 3.19. The van der Waals surface area contributed by atoms with Crippen molar-refractivity contribution in [1.29, 1.82) is 0 Å². The van der Waals surface area contributed by atoms with Crippen LogP contribution in [0.5, 0.6) is 11.5 Å². The first kappa shape index (κ1) is 15.1. The molecular weight excluding hydrogens is 278 g/mol. The summed E-state index contributed by atoms with van der Waals surface area (Å²) in [5.74, 6) is 1.21. The molecule has 1 unspecified atom stereocenters. The second-order valence-corrected chi connectivity index (χ2v) is 6.78. The van der Waals surface area contributed by atoms with Crippen molar-refractivity contribution in [3.05, 3.63) is 18.2 Å². The fourth-order valence-electron chi connectivity index (χ4n) is 2.19. The quantitative estimate of drug-likeness (QED) is 0.864. The number of rotatable bonds is 6. The maximum Gasteiger partial charge on any atom is 0.180 e. The number of sulfone groups is 1. The van der Waals surface area contributed by atoms with Gasteiger partial charge in [0.2, 0.25) is 0 Å². The highest BCUT2D eigenvalue weighted by Gasteiger charge is 2.22. The summed E-state index contributed by atoms with van der Waals surface area (Å²) < 4.78 is 35.7. The van der Waals surface area contributed by atoms with E-state index >= 15 is 0 Å². The molecule has 2 rings (SSSR count). The van der Waals surface area contributed by atoms with Crippen molar-refractivity contribution in [1.82, 2.24) is 5.32 Å². The van der Waals surface area contributed by atoms with Crippen LogP contribution in [-0.4, -0.2) is 40.0 Å². The number of hydrogen-bond donors (Lipinski definition) is 1. The highest BCUT2D eigenvalue weighted by atomic mass is 32.2. The number of ether oxygens (including phenoxy) is 2. The van der Waals surface area contributed by atoms with Gasteiger partial charge >= 0.3 is 0 Å².